The Morgan fingerprint density at radius 1 is 1.00 bits per heavy atom. The van der Waals surface area contributed by atoms with Gasteiger partial charge in [-0.1, -0.05) is 36.4 Å². The summed E-state index contributed by atoms with van der Waals surface area (Å²) in [5.41, 5.74) is 0.686. The largest absolute Gasteiger partial charge is 0.472 e. The van der Waals surface area contributed by atoms with Crippen LogP contribution in [0.5, 0.6) is 5.88 Å². The third-order valence-corrected chi connectivity index (χ3v) is 7.42. The lowest BCUT2D eigenvalue weighted by Crippen LogP contribution is -2.41. The second kappa shape index (κ2) is 9.74. The summed E-state index contributed by atoms with van der Waals surface area (Å²) < 4.78 is 73.8. The zero-order chi connectivity index (χ0) is 26.1. The van der Waals surface area contributed by atoms with Crippen LogP contribution in [0, 0.1) is 0 Å². The summed E-state index contributed by atoms with van der Waals surface area (Å²) in [6.07, 6.45) is -3.51. The molecule has 3 aromatic rings. The number of hydrogen-bond donors (Lipinski definition) is 1. The van der Waals surface area contributed by atoms with Gasteiger partial charge in [0.2, 0.25) is 15.9 Å². The van der Waals surface area contributed by atoms with E-state index >= 15 is 0 Å². The Bertz CT molecular complexity index is 1310. The van der Waals surface area contributed by atoms with Gasteiger partial charge in [-0.05, 0) is 50.1 Å². The maximum Gasteiger partial charge on any atom is 0.417 e. The highest BCUT2D eigenvalue weighted by atomic mass is 32.2. The van der Waals surface area contributed by atoms with Crippen LogP contribution in [0.2, 0.25) is 0 Å². The number of ether oxygens (including phenoxy) is 1. The lowest BCUT2D eigenvalue weighted by Gasteiger charge is -2.26. The first-order chi connectivity index (χ1) is 16.8. The minimum Gasteiger partial charge on any atom is -0.472 e. The van der Waals surface area contributed by atoms with Crippen LogP contribution in [-0.2, 0) is 16.2 Å². The molecule has 0 radical (unpaired) electrons. The number of alkyl halides is 3. The second-order valence-corrected chi connectivity index (χ2v) is 11.4. The molecular weight excluding hydrogens is 491 g/mol. The standard InChI is InChI=1S/C26H28F3N3O3S/c1-25(2,3)31-36(33,34)23-15-19(18-7-5-4-6-8-18)9-11-22(23)32-14-13-21(17-32)35-24-12-10-20(16-30-24)26(27,28)29/h4-12,15-16,21,31H,13-14,17H2,1-3H3/t21-/m1/s1. The van der Waals surface area contributed by atoms with E-state index in [9.17, 15) is 21.6 Å². The minimum atomic E-state index is -4.47. The van der Waals surface area contributed by atoms with E-state index < -0.39 is 27.3 Å². The molecule has 192 valence electrons. The predicted molar refractivity (Wildman–Crippen MR) is 132 cm³/mol. The molecule has 2 aromatic carbocycles. The lowest BCUT2D eigenvalue weighted by atomic mass is 10.1. The summed E-state index contributed by atoms with van der Waals surface area (Å²) in [6.45, 7) is 6.23. The van der Waals surface area contributed by atoms with Gasteiger partial charge in [0.25, 0.3) is 0 Å². The van der Waals surface area contributed by atoms with Gasteiger partial charge in [-0.15, -0.1) is 0 Å². The van der Waals surface area contributed by atoms with Crippen molar-refractivity contribution >= 4 is 15.7 Å². The van der Waals surface area contributed by atoms with Crippen LogP contribution < -0.4 is 14.4 Å². The van der Waals surface area contributed by atoms with Crippen LogP contribution in [0.3, 0.4) is 0 Å². The fraction of sp³-hybridized carbons (Fsp3) is 0.346. The molecule has 0 bridgehead atoms. The molecule has 1 aromatic heterocycles. The number of benzene rings is 2. The molecule has 36 heavy (non-hydrogen) atoms. The Hall–Kier alpha value is -3.11. The average Bonchev–Trinajstić information content (AvgIpc) is 3.26. The van der Waals surface area contributed by atoms with Gasteiger partial charge in [-0.25, -0.2) is 18.1 Å². The molecule has 6 nitrogen and oxygen atoms in total. The van der Waals surface area contributed by atoms with Crippen LogP contribution in [0.15, 0.2) is 71.8 Å². The van der Waals surface area contributed by atoms with Crippen molar-refractivity contribution in [1.82, 2.24) is 9.71 Å². The van der Waals surface area contributed by atoms with E-state index in [1.807, 2.05) is 41.3 Å². The van der Waals surface area contributed by atoms with Crippen molar-refractivity contribution in [3.05, 3.63) is 72.4 Å². The summed E-state index contributed by atoms with van der Waals surface area (Å²) in [5.74, 6) is 0.0940. The van der Waals surface area contributed by atoms with Crippen molar-refractivity contribution in [3.63, 3.8) is 0 Å². The molecule has 10 heteroatoms. The number of halogens is 3. The first-order valence-corrected chi connectivity index (χ1v) is 13.0. The van der Waals surface area contributed by atoms with Crippen molar-refractivity contribution in [1.29, 1.82) is 0 Å². The van der Waals surface area contributed by atoms with E-state index in [1.54, 1.807) is 32.9 Å². The van der Waals surface area contributed by atoms with Crippen molar-refractivity contribution in [2.24, 2.45) is 0 Å². The molecule has 0 unspecified atom stereocenters. The first kappa shape index (κ1) is 26.0. The van der Waals surface area contributed by atoms with Gasteiger partial charge in [0.05, 0.1) is 17.8 Å². The van der Waals surface area contributed by atoms with Crippen molar-refractivity contribution in [2.45, 2.75) is 49.9 Å². The molecule has 0 saturated carbocycles. The number of nitrogens with zero attached hydrogens (tertiary/aromatic N) is 2. The van der Waals surface area contributed by atoms with Gasteiger partial charge in [-0.2, -0.15) is 13.2 Å². The van der Waals surface area contributed by atoms with Crippen LogP contribution >= 0.6 is 0 Å². The zero-order valence-corrected chi connectivity index (χ0v) is 21.0. The molecular formula is C26H28F3N3O3S. The second-order valence-electron chi connectivity index (χ2n) is 9.76. The summed E-state index contributed by atoms with van der Waals surface area (Å²) in [7, 11) is -3.86. The molecule has 1 atom stereocenters. The molecule has 0 spiro atoms. The Morgan fingerprint density at radius 3 is 2.33 bits per heavy atom. The van der Waals surface area contributed by atoms with Crippen LogP contribution in [0.25, 0.3) is 11.1 Å². The third-order valence-electron chi connectivity index (χ3n) is 5.63. The lowest BCUT2D eigenvalue weighted by molar-refractivity contribution is -0.137. The molecule has 1 aliphatic heterocycles. The highest BCUT2D eigenvalue weighted by Crippen LogP contribution is 2.34. The van der Waals surface area contributed by atoms with Crippen LogP contribution in [0.1, 0.15) is 32.8 Å². The highest BCUT2D eigenvalue weighted by Gasteiger charge is 2.33. The first-order valence-electron chi connectivity index (χ1n) is 11.5. The van der Waals surface area contributed by atoms with E-state index in [1.165, 1.54) is 6.07 Å². The maximum atomic E-state index is 13.4. The van der Waals surface area contributed by atoms with Crippen LogP contribution in [-0.4, -0.2) is 38.1 Å². The Balaban J connectivity index is 1.60. The van der Waals surface area contributed by atoms with Gasteiger partial charge in [0, 0.05) is 30.8 Å². The maximum absolute atomic E-state index is 13.4. The van der Waals surface area contributed by atoms with Crippen molar-refractivity contribution in [2.75, 3.05) is 18.0 Å². The van der Waals surface area contributed by atoms with Crippen LogP contribution in [0.4, 0.5) is 18.9 Å². The summed E-state index contributed by atoms with van der Waals surface area (Å²) in [5, 5.41) is 0. The molecule has 1 fully saturated rings. The molecule has 4 rings (SSSR count). The van der Waals surface area contributed by atoms with E-state index in [0.29, 0.717) is 25.2 Å². The Kier molecular flexibility index (Phi) is 7.03. The van der Waals surface area contributed by atoms with Gasteiger partial charge in [-0.3, -0.25) is 0 Å². The van der Waals surface area contributed by atoms with Crippen molar-refractivity contribution < 1.29 is 26.3 Å². The number of rotatable bonds is 6. The quantitative estimate of drug-likeness (QED) is 0.466. The number of nitrogens with one attached hydrogen (secondary N) is 1. The number of anilines is 1. The zero-order valence-electron chi connectivity index (χ0n) is 20.2. The topological polar surface area (TPSA) is 71.5 Å². The van der Waals surface area contributed by atoms with E-state index in [2.05, 4.69) is 9.71 Å². The van der Waals surface area contributed by atoms with Crippen molar-refractivity contribution in [3.8, 4) is 17.0 Å². The molecule has 0 aliphatic carbocycles. The van der Waals surface area contributed by atoms with E-state index in [4.69, 9.17) is 4.74 Å². The van der Waals surface area contributed by atoms with Gasteiger partial charge >= 0.3 is 6.18 Å². The van der Waals surface area contributed by atoms with E-state index in [-0.39, 0.29) is 16.9 Å². The number of aromatic nitrogens is 1. The third kappa shape index (κ3) is 6.17. The number of hydrogen-bond acceptors (Lipinski definition) is 5. The number of pyridine rings is 1. The Labute approximate surface area is 209 Å². The fourth-order valence-electron chi connectivity index (χ4n) is 4.09. The van der Waals surface area contributed by atoms with Gasteiger partial charge in [0.15, 0.2) is 0 Å². The molecule has 1 saturated heterocycles. The van der Waals surface area contributed by atoms with Gasteiger partial charge < -0.3 is 9.64 Å². The predicted octanol–water partition coefficient (Wildman–Crippen LogP) is 5.50. The number of sulfonamides is 1. The SMILES string of the molecule is CC(C)(C)NS(=O)(=O)c1cc(-c2ccccc2)ccc1N1CC[C@@H](Oc2ccc(C(F)(F)F)cn2)C1. The summed E-state index contributed by atoms with van der Waals surface area (Å²) in [4.78, 5) is 5.86. The molecule has 1 aliphatic rings. The monoisotopic (exact) mass is 519 g/mol. The minimum absolute atomic E-state index is 0.0940. The fourth-order valence-corrected chi connectivity index (χ4v) is 5.76. The Morgan fingerprint density at radius 2 is 1.72 bits per heavy atom. The smallest absolute Gasteiger partial charge is 0.417 e. The summed E-state index contributed by atoms with van der Waals surface area (Å²) >= 11 is 0. The molecule has 0 amide bonds. The van der Waals surface area contributed by atoms with E-state index in [0.717, 1.165) is 23.4 Å². The highest BCUT2D eigenvalue weighted by molar-refractivity contribution is 7.89. The van der Waals surface area contributed by atoms with Gasteiger partial charge in [0.1, 0.15) is 11.0 Å². The summed E-state index contributed by atoms with van der Waals surface area (Å²) in [6, 6.07) is 17.0. The molecule has 1 N–H and O–H groups in total. The average molecular weight is 520 g/mol. The molecule has 2 heterocycles. The normalized spacial score (nSPS) is 16.8.